The van der Waals surface area contributed by atoms with Crippen LogP contribution in [0.25, 0.3) is 0 Å². The number of nitrogens with zero attached hydrogens (tertiary/aromatic N) is 3. The molecule has 8 nitrogen and oxygen atoms in total. The molecule has 0 spiro atoms. The SMILES string of the molecule is COc1ccc(CN2CCCC[C@@H]2c2nc3c(c(=O)[nH]2)CN(S(C)(=O)=O)CC3)cc1. The standard InChI is InChI=1S/C21H28N4O4S/c1-29-16-8-6-15(7-9-16)13-24-11-4-3-5-19(24)20-22-18-10-12-25(30(2,27)28)14-17(18)21(26)23-20/h6-9,19H,3-5,10-14H2,1-2H3,(H,22,23,26)/t19-/m1/s1. The third-order valence-corrected chi connectivity index (χ3v) is 7.24. The fraction of sp³-hybridized carbons (Fsp3) is 0.524. The van der Waals surface area contributed by atoms with Crippen molar-refractivity contribution in [3.05, 3.63) is 57.3 Å². The molecule has 4 rings (SSSR count). The molecule has 1 N–H and O–H groups in total. The molecule has 1 aromatic heterocycles. The van der Waals surface area contributed by atoms with Crippen molar-refractivity contribution in [3.8, 4) is 5.75 Å². The van der Waals surface area contributed by atoms with Crippen molar-refractivity contribution < 1.29 is 13.2 Å². The molecule has 162 valence electrons. The summed E-state index contributed by atoms with van der Waals surface area (Å²) in [6.45, 7) is 2.18. The molecule has 2 aromatic rings. The van der Waals surface area contributed by atoms with Crippen molar-refractivity contribution in [1.82, 2.24) is 19.2 Å². The van der Waals surface area contributed by atoms with Gasteiger partial charge in [-0.15, -0.1) is 0 Å². The minimum absolute atomic E-state index is 0.0480. The largest absolute Gasteiger partial charge is 0.497 e. The number of nitrogens with one attached hydrogen (secondary N) is 1. The second kappa shape index (κ2) is 8.49. The van der Waals surface area contributed by atoms with Gasteiger partial charge in [0.2, 0.25) is 10.0 Å². The topological polar surface area (TPSA) is 95.6 Å². The average molecular weight is 433 g/mol. The number of methoxy groups -OCH3 is 1. The minimum atomic E-state index is -3.33. The van der Waals surface area contributed by atoms with Gasteiger partial charge in [0.15, 0.2) is 0 Å². The van der Waals surface area contributed by atoms with E-state index in [0.29, 0.717) is 24.4 Å². The highest BCUT2D eigenvalue weighted by molar-refractivity contribution is 7.88. The highest BCUT2D eigenvalue weighted by atomic mass is 32.2. The number of sulfonamides is 1. The zero-order valence-electron chi connectivity index (χ0n) is 17.4. The number of aromatic nitrogens is 2. The van der Waals surface area contributed by atoms with Crippen molar-refractivity contribution >= 4 is 10.0 Å². The van der Waals surface area contributed by atoms with Gasteiger partial charge in [0.25, 0.3) is 5.56 Å². The summed E-state index contributed by atoms with van der Waals surface area (Å²) in [7, 11) is -1.67. The van der Waals surface area contributed by atoms with Crippen LogP contribution in [-0.2, 0) is 29.5 Å². The van der Waals surface area contributed by atoms with Gasteiger partial charge in [0, 0.05) is 26.1 Å². The van der Waals surface area contributed by atoms with E-state index < -0.39 is 10.0 Å². The summed E-state index contributed by atoms with van der Waals surface area (Å²) in [6.07, 6.45) is 4.78. The smallest absolute Gasteiger partial charge is 0.255 e. The fourth-order valence-electron chi connectivity index (χ4n) is 4.32. The molecule has 9 heteroatoms. The van der Waals surface area contributed by atoms with E-state index >= 15 is 0 Å². The molecule has 2 aliphatic rings. The first-order chi connectivity index (χ1) is 14.3. The van der Waals surface area contributed by atoms with Gasteiger partial charge < -0.3 is 9.72 Å². The first kappa shape index (κ1) is 21.0. The molecule has 0 unspecified atom stereocenters. The van der Waals surface area contributed by atoms with Crippen molar-refractivity contribution in [2.45, 2.75) is 44.8 Å². The third kappa shape index (κ3) is 4.43. The Morgan fingerprint density at radius 3 is 2.67 bits per heavy atom. The second-order valence-corrected chi connectivity index (χ2v) is 10.0. The van der Waals surface area contributed by atoms with E-state index in [1.165, 1.54) is 16.1 Å². The zero-order chi connectivity index (χ0) is 21.3. The zero-order valence-corrected chi connectivity index (χ0v) is 18.2. The molecule has 0 amide bonds. The monoisotopic (exact) mass is 432 g/mol. The van der Waals surface area contributed by atoms with Gasteiger partial charge >= 0.3 is 0 Å². The summed E-state index contributed by atoms with van der Waals surface area (Å²) in [5, 5.41) is 0. The van der Waals surface area contributed by atoms with Gasteiger partial charge in [-0.2, -0.15) is 4.31 Å². The summed E-state index contributed by atoms with van der Waals surface area (Å²) in [6, 6.07) is 8.09. The Morgan fingerprint density at radius 1 is 1.20 bits per heavy atom. The lowest BCUT2D eigenvalue weighted by Gasteiger charge is -2.35. The Labute approximate surface area is 176 Å². The van der Waals surface area contributed by atoms with E-state index in [1.807, 2.05) is 12.1 Å². The van der Waals surface area contributed by atoms with Crippen LogP contribution in [-0.4, -0.2) is 54.0 Å². The molecule has 0 radical (unpaired) electrons. The molecule has 0 saturated carbocycles. The Bertz CT molecular complexity index is 1070. The van der Waals surface area contributed by atoms with Crippen LogP contribution in [0, 0.1) is 0 Å². The predicted molar refractivity (Wildman–Crippen MR) is 114 cm³/mol. The molecular formula is C21H28N4O4S. The maximum absolute atomic E-state index is 12.8. The number of hydrogen-bond acceptors (Lipinski definition) is 6. The van der Waals surface area contributed by atoms with Gasteiger partial charge in [0.1, 0.15) is 11.6 Å². The number of aromatic amines is 1. The average Bonchev–Trinajstić information content (AvgIpc) is 2.74. The molecule has 0 bridgehead atoms. The molecule has 1 fully saturated rings. The maximum atomic E-state index is 12.8. The fourth-order valence-corrected chi connectivity index (χ4v) is 5.10. The van der Waals surface area contributed by atoms with Crippen LogP contribution < -0.4 is 10.3 Å². The maximum Gasteiger partial charge on any atom is 0.255 e. The van der Waals surface area contributed by atoms with Crippen LogP contribution in [0.1, 0.15) is 47.9 Å². The molecule has 1 aromatic carbocycles. The van der Waals surface area contributed by atoms with Crippen LogP contribution in [0.2, 0.25) is 0 Å². The number of ether oxygens (including phenoxy) is 1. The van der Waals surface area contributed by atoms with E-state index in [0.717, 1.165) is 43.8 Å². The van der Waals surface area contributed by atoms with Crippen molar-refractivity contribution in [1.29, 1.82) is 0 Å². The second-order valence-electron chi connectivity index (χ2n) is 8.05. The van der Waals surface area contributed by atoms with Crippen LogP contribution in [0.3, 0.4) is 0 Å². The van der Waals surface area contributed by atoms with Crippen LogP contribution in [0.15, 0.2) is 29.1 Å². The first-order valence-electron chi connectivity index (χ1n) is 10.3. The number of piperidine rings is 1. The van der Waals surface area contributed by atoms with Crippen molar-refractivity contribution in [2.75, 3.05) is 26.5 Å². The van der Waals surface area contributed by atoms with Gasteiger partial charge in [-0.05, 0) is 37.1 Å². The highest BCUT2D eigenvalue weighted by Gasteiger charge is 2.30. The van der Waals surface area contributed by atoms with E-state index in [2.05, 4.69) is 22.0 Å². The summed E-state index contributed by atoms with van der Waals surface area (Å²) >= 11 is 0. The molecule has 1 saturated heterocycles. The van der Waals surface area contributed by atoms with E-state index in [-0.39, 0.29) is 18.1 Å². The number of fused-ring (bicyclic) bond motifs is 1. The Balaban J connectivity index is 1.58. The van der Waals surface area contributed by atoms with E-state index in [1.54, 1.807) is 7.11 Å². The summed E-state index contributed by atoms with van der Waals surface area (Å²) in [5.74, 6) is 1.53. The van der Waals surface area contributed by atoms with Gasteiger partial charge in [0.05, 0.1) is 30.7 Å². The van der Waals surface area contributed by atoms with E-state index in [9.17, 15) is 13.2 Å². The lowest BCUT2D eigenvalue weighted by Crippen LogP contribution is -2.40. The summed E-state index contributed by atoms with van der Waals surface area (Å²) in [5.41, 5.74) is 2.15. The minimum Gasteiger partial charge on any atom is -0.497 e. The normalized spacial score (nSPS) is 20.7. The Kier molecular flexibility index (Phi) is 5.95. The third-order valence-electron chi connectivity index (χ3n) is 5.99. The number of rotatable bonds is 5. The summed E-state index contributed by atoms with van der Waals surface area (Å²) < 4.78 is 30.3. The molecule has 30 heavy (non-hydrogen) atoms. The van der Waals surface area contributed by atoms with Gasteiger partial charge in [-0.25, -0.2) is 13.4 Å². The molecular weight excluding hydrogens is 404 g/mol. The highest BCUT2D eigenvalue weighted by Crippen LogP contribution is 2.31. The number of likely N-dealkylation sites (tertiary alicyclic amines) is 1. The quantitative estimate of drug-likeness (QED) is 0.774. The number of benzene rings is 1. The van der Waals surface area contributed by atoms with E-state index in [4.69, 9.17) is 9.72 Å². The first-order valence-corrected chi connectivity index (χ1v) is 12.1. The molecule has 1 atom stereocenters. The Morgan fingerprint density at radius 2 is 1.97 bits per heavy atom. The number of H-pyrrole nitrogens is 1. The number of hydrogen-bond donors (Lipinski definition) is 1. The van der Waals surface area contributed by atoms with Crippen molar-refractivity contribution in [2.24, 2.45) is 0 Å². The summed E-state index contributed by atoms with van der Waals surface area (Å²) in [4.78, 5) is 22.9. The predicted octanol–water partition coefficient (Wildman–Crippen LogP) is 1.82. The molecule has 2 aliphatic heterocycles. The lowest BCUT2D eigenvalue weighted by atomic mass is 9.99. The van der Waals surface area contributed by atoms with Crippen LogP contribution in [0.5, 0.6) is 5.75 Å². The van der Waals surface area contributed by atoms with Gasteiger partial charge in [-0.1, -0.05) is 18.6 Å². The lowest BCUT2D eigenvalue weighted by molar-refractivity contribution is 0.133. The van der Waals surface area contributed by atoms with Crippen LogP contribution in [0.4, 0.5) is 0 Å². The molecule has 3 heterocycles. The van der Waals surface area contributed by atoms with Crippen LogP contribution >= 0.6 is 0 Å². The molecule has 0 aliphatic carbocycles. The van der Waals surface area contributed by atoms with Crippen molar-refractivity contribution in [3.63, 3.8) is 0 Å². The van der Waals surface area contributed by atoms with Gasteiger partial charge in [-0.3, -0.25) is 9.69 Å². The Hall–Kier alpha value is -2.23.